The van der Waals surface area contributed by atoms with E-state index in [0.29, 0.717) is 11.6 Å². The first-order valence-corrected chi connectivity index (χ1v) is 11.2. The van der Waals surface area contributed by atoms with Gasteiger partial charge in [0.1, 0.15) is 11.6 Å². The Bertz CT molecular complexity index is 1230. The van der Waals surface area contributed by atoms with Crippen LogP contribution in [0, 0.1) is 5.82 Å². The molecule has 5 rings (SSSR count). The number of alkyl halides is 3. The van der Waals surface area contributed by atoms with E-state index in [0.717, 1.165) is 67.3 Å². The van der Waals surface area contributed by atoms with Gasteiger partial charge in [-0.25, -0.2) is 9.37 Å². The molecule has 1 fully saturated rings. The molecule has 1 aliphatic heterocycles. The number of aromatic nitrogens is 3. The maximum atomic E-state index is 13.2. The van der Waals surface area contributed by atoms with Gasteiger partial charge in [-0.2, -0.15) is 13.2 Å². The first kappa shape index (κ1) is 22.4. The monoisotopic (exact) mass is 468 g/mol. The highest BCUT2D eigenvalue weighted by atomic mass is 19.4. The van der Waals surface area contributed by atoms with Gasteiger partial charge in [0.05, 0.1) is 5.56 Å². The van der Waals surface area contributed by atoms with Crippen LogP contribution >= 0.6 is 0 Å². The molecule has 8 heteroatoms. The molecule has 0 bridgehead atoms. The summed E-state index contributed by atoms with van der Waals surface area (Å²) in [6.45, 7) is 2.69. The standard InChI is InChI=1S/C26H24F4N4/c27-22-5-1-20(2-6-22)25-31-15-24(32-25)19-10-12-33(13-11-19)16-18-9-14-34(17-18)23-7-3-21(4-8-23)26(28,29)30/h1-9,14-15,17,19H,10-13,16H2,(H,31,32). The average molecular weight is 468 g/mol. The number of rotatable bonds is 5. The maximum absolute atomic E-state index is 13.2. The molecular weight excluding hydrogens is 444 g/mol. The highest BCUT2D eigenvalue weighted by Crippen LogP contribution is 2.31. The molecule has 4 aromatic rings. The molecule has 0 aliphatic carbocycles. The van der Waals surface area contributed by atoms with Gasteiger partial charge in [0.25, 0.3) is 0 Å². The molecular formula is C26H24F4N4. The second-order valence-electron chi connectivity index (χ2n) is 8.72. The van der Waals surface area contributed by atoms with Crippen LogP contribution in [0.4, 0.5) is 17.6 Å². The molecule has 176 valence electrons. The summed E-state index contributed by atoms with van der Waals surface area (Å²) < 4.78 is 53.4. The van der Waals surface area contributed by atoms with E-state index in [2.05, 4.69) is 14.9 Å². The number of aromatic amines is 1. The Balaban J connectivity index is 1.17. The number of halogens is 4. The molecule has 0 unspecified atom stereocenters. The predicted molar refractivity (Wildman–Crippen MR) is 122 cm³/mol. The van der Waals surface area contributed by atoms with Crippen LogP contribution in [-0.2, 0) is 12.7 Å². The van der Waals surface area contributed by atoms with Gasteiger partial charge in [0.2, 0.25) is 0 Å². The largest absolute Gasteiger partial charge is 0.416 e. The zero-order chi connectivity index (χ0) is 23.7. The third-order valence-corrected chi connectivity index (χ3v) is 6.39. The van der Waals surface area contributed by atoms with Crippen LogP contribution in [0.3, 0.4) is 0 Å². The van der Waals surface area contributed by atoms with Crippen LogP contribution in [0.2, 0.25) is 0 Å². The summed E-state index contributed by atoms with van der Waals surface area (Å²) in [4.78, 5) is 10.3. The third kappa shape index (κ3) is 4.92. The molecule has 34 heavy (non-hydrogen) atoms. The first-order valence-electron chi connectivity index (χ1n) is 11.2. The summed E-state index contributed by atoms with van der Waals surface area (Å²) in [5.74, 6) is 0.884. The summed E-state index contributed by atoms with van der Waals surface area (Å²) in [7, 11) is 0. The molecule has 0 saturated carbocycles. The number of benzene rings is 2. The van der Waals surface area contributed by atoms with E-state index in [1.165, 1.54) is 24.3 Å². The molecule has 0 atom stereocenters. The summed E-state index contributed by atoms with van der Waals surface area (Å²) >= 11 is 0. The van der Waals surface area contributed by atoms with Crippen LogP contribution in [0.25, 0.3) is 17.1 Å². The molecule has 2 aromatic heterocycles. The summed E-state index contributed by atoms with van der Waals surface area (Å²) in [6, 6.07) is 13.5. The minimum atomic E-state index is -4.33. The lowest BCUT2D eigenvalue weighted by atomic mass is 9.94. The van der Waals surface area contributed by atoms with Crippen molar-refractivity contribution in [2.24, 2.45) is 0 Å². The molecule has 1 saturated heterocycles. The van der Waals surface area contributed by atoms with E-state index in [1.807, 2.05) is 29.2 Å². The van der Waals surface area contributed by atoms with Crippen molar-refractivity contribution < 1.29 is 17.6 Å². The Morgan fingerprint density at radius 2 is 1.65 bits per heavy atom. The number of hydrogen-bond donors (Lipinski definition) is 1. The highest BCUT2D eigenvalue weighted by Gasteiger charge is 2.30. The molecule has 4 nitrogen and oxygen atoms in total. The normalized spacial score (nSPS) is 15.6. The quantitative estimate of drug-likeness (QED) is 0.344. The number of nitrogens with zero attached hydrogens (tertiary/aromatic N) is 3. The Kier molecular flexibility index (Phi) is 6.00. The van der Waals surface area contributed by atoms with E-state index in [-0.39, 0.29) is 5.82 Å². The maximum Gasteiger partial charge on any atom is 0.416 e. The molecule has 1 aliphatic rings. The Morgan fingerprint density at radius 1 is 0.941 bits per heavy atom. The highest BCUT2D eigenvalue weighted by molar-refractivity contribution is 5.55. The Labute approximate surface area is 194 Å². The lowest BCUT2D eigenvalue weighted by molar-refractivity contribution is -0.137. The third-order valence-electron chi connectivity index (χ3n) is 6.39. The van der Waals surface area contributed by atoms with Gasteiger partial charge >= 0.3 is 6.18 Å². The van der Waals surface area contributed by atoms with Gasteiger partial charge in [0.15, 0.2) is 0 Å². The van der Waals surface area contributed by atoms with E-state index in [1.54, 1.807) is 12.1 Å². The van der Waals surface area contributed by atoms with Crippen LogP contribution in [0.5, 0.6) is 0 Å². The molecule has 0 radical (unpaired) electrons. The molecule has 1 N–H and O–H groups in total. The molecule has 0 spiro atoms. The van der Waals surface area contributed by atoms with Crippen molar-refractivity contribution >= 4 is 0 Å². The first-order chi connectivity index (χ1) is 16.3. The van der Waals surface area contributed by atoms with Crippen molar-refractivity contribution in [1.82, 2.24) is 19.4 Å². The van der Waals surface area contributed by atoms with Gasteiger partial charge in [-0.05, 0) is 86.1 Å². The molecule has 3 heterocycles. The van der Waals surface area contributed by atoms with Crippen molar-refractivity contribution in [3.8, 4) is 17.1 Å². The van der Waals surface area contributed by atoms with Crippen LogP contribution in [0.1, 0.15) is 35.6 Å². The fourth-order valence-electron chi connectivity index (χ4n) is 4.48. The van der Waals surface area contributed by atoms with Crippen LogP contribution in [0.15, 0.2) is 73.2 Å². The fraction of sp³-hybridized carbons (Fsp3) is 0.269. The van der Waals surface area contributed by atoms with Gasteiger partial charge in [-0.15, -0.1) is 0 Å². The SMILES string of the molecule is Fc1ccc(-c2ncc(C3CCN(Cc4ccn(-c5ccc(C(F)(F)F)cc5)c4)CC3)[nH]2)cc1. The lowest BCUT2D eigenvalue weighted by Gasteiger charge is -2.31. The van der Waals surface area contributed by atoms with Crippen LogP contribution in [-0.4, -0.2) is 32.5 Å². The minimum Gasteiger partial charge on any atom is -0.342 e. The Morgan fingerprint density at radius 3 is 2.32 bits per heavy atom. The molecule has 2 aromatic carbocycles. The zero-order valence-corrected chi connectivity index (χ0v) is 18.4. The number of H-pyrrole nitrogens is 1. The number of imidazole rings is 1. The number of hydrogen-bond acceptors (Lipinski definition) is 2. The topological polar surface area (TPSA) is 36.9 Å². The number of piperidine rings is 1. The van der Waals surface area contributed by atoms with E-state index in [9.17, 15) is 17.6 Å². The number of nitrogens with one attached hydrogen (secondary N) is 1. The van der Waals surface area contributed by atoms with Crippen molar-refractivity contribution in [3.05, 3.63) is 95.8 Å². The van der Waals surface area contributed by atoms with Gasteiger partial charge < -0.3 is 9.55 Å². The number of likely N-dealkylation sites (tertiary alicyclic amines) is 1. The van der Waals surface area contributed by atoms with E-state index < -0.39 is 11.7 Å². The second kappa shape index (κ2) is 9.10. The van der Waals surface area contributed by atoms with Gasteiger partial charge in [0, 0.05) is 48.0 Å². The smallest absolute Gasteiger partial charge is 0.342 e. The van der Waals surface area contributed by atoms with Crippen LogP contribution < -0.4 is 0 Å². The van der Waals surface area contributed by atoms with E-state index >= 15 is 0 Å². The average Bonchev–Trinajstić information content (AvgIpc) is 3.50. The van der Waals surface area contributed by atoms with E-state index in [4.69, 9.17) is 0 Å². The zero-order valence-electron chi connectivity index (χ0n) is 18.4. The lowest BCUT2D eigenvalue weighted by Crippen LogP contribution is -2.32. The summed E-state index contributed by atoms with van der Waals surface area (Å²) in [5, 5.41) is 0. The Hall–Kier alpha value is -3.39. The van der Waals surface area contributed by atoms with Gasteiger partial charge in [-0.1, -0.05) is 0 Å². The second-order valence-corrected chi connectivity index (χ2v) is 8.72. The van der Waals surface area contributed by atoms with Crippen molar-refractivity contribution in [2.45, 2.75) is 31.5 Å². The fourth-order valence-corrected chi connectivity index (χ4v) is 4.48. The summed E-state index contributed by atoms with van der Waals surface area (Å²) in [6.07, 6.45) is 3.41. The van der Waals surface area contributed by atoms with Gasteiger partial charge in [-0.3, -0.25) is 4.90 Å². The predicted octanol–water partition coefficient (Wildman–Crippen LogP) is 6.40. The van der Waals surface area contributed by atoms with Crippen molar-refractivity contribution in [2.75, 3.05) is 13.1 Å². The minimum absolute atomic E-state index is 0.266. The summed E-state index contributed by atoms with van der Waals surface area (Å²) in [5.41, 5.74) is 3.15. The molecule has 0 amide bonds. The van der Waals surface area contributed by atoms with Crippen molar-refractivity contribution in [1.29, 1.82) is 0 Å². The van der Waals surface area contributed by atoms with Crippen molar-refractivity contribution in [3.63, 3.8) is 0 Å².